The Kier molecular flexibility index (Phi) is 2.88. The highest BCUT2D eigenvalue weighted by Gasteiger charge is 1.94. The third-order valence-electron chi connectivity index (χ3n) is 2.10. The Labute approximate surface area is 93.0 Å². The Morgan fingerprint density at radius 2 is 2.44 bits per heavy atom. The normalized spacial score (nSPS) is 9.56. The van der Waals surface area contributed by atoms with Crippen LogP contribution in [0.15, 0.2) is 24.4 Å². The molecule has 0 spiro atoms. The molecule has 1 heterocycles. The van der Waals surface area contributed by atoms with E-state index in [1.165, 1.54) is 6.92 Å². The molecule has 0 aliphatic rings. The molecular formula is C12H11N3O. The lowest BCUT2D eigenvalue weighted by Crippen LogP contribution is -2.19. The first-order chi connectivity index (χ1) is 7.75. The summed E-state index contributed by atoms with van der Waals surface area (Å²) in [5.74, 6) is 5.77. The first-order valence-electron chi connectivity index (χ1n) is 4.92. The number of carbonyl (C=O) groups is 1. The lowest BCUT2D eigenvalue weighted by atomic mass is 10.2. The molecule has 2 N–H and O–H groups in total. The van der Waals surface area contributed by atoms with Gasteiger partial charge in [-0.1, -0.05) is 11.8 Å². The predicted octanol–water partition coefficient (Wildman–Crippen LogP) is 1.05. The average molecular weight is 213 g/mol. The molecular weight excluding hydrogens is 202 g/mol. The fourth-order valence-corrected chi connectivity index (χ4v) is 1.33. The molecule has 2 aromatic rings. The van der Waals surface area contributed by atoms with Crippen molar-refractivity contribution in [3.05, 3.63) is 30.0 Å². The molecule has 0 unspecified atom stereocenters. The van der Waals surface area contributed by atoms with Gasteiger partial charge in [-0.05, 0) is 18.2 Å². The third kappa shape index (κ3) is 2.39. The number of fused-ring (bicyclic) bond motifs is 1. The van der Waals surface area contributed by atoms with E-state index in [0.717, 1.165) is 16.5 Å². The number of aromatic amines is 1. The summed E-state index contributed by atoms with van der Waals surface area (Å²) in [5, 5.41) is 10.5. The van der Waals surface area contributed by atoms with Gasteiger partial charge in [0.25, 0.3) is 0 Å². The van der Waals surface area contributed by atoms with Gasteiger partial charge in [-0.2, -0.15) is 5.10 Å². The van der Waals surface area contributed by atoms with E-state index in [9.17, 15) is 4.79 Å². The van der Waals surface area contributed by atoms with E-state index in [1.807, 2.05) is 18.2 Å². The van der Waals surface area contributed by atoms with E-state index in [-0.39, 0.29) is 5.91 Å². The average Bonchev–Trinajstić information content (AvgIpc) is 2.71. The second-order valence-electron chi connectivity index (χ2n) is 3.38. The second kappa shape index (κ2) is 4.49. The topological polar surface area (TPSA) is 57.8 Å². The van der Waals surface area contributed by atoms with Gasteiger partial charge in [0.2, 0.25) is 5.91 Å². The number of benzene rings is 1. The Morgan fingerprint density at radius 1 is 1.56 bits per heavy atom. The lowest BCUT2D eigenvalue weighted by molar-refractivity contribution is -0.118. The van der Waals surface area contributed by atoms with Crippen LogP contribution in [0.25, 0.3) is 10.9 Å². The zero-order chi connectivity index (χ0) is 11.4. The fraction of sp³-hybridized carbons (Fsp3) is 0.167. The van der Waals surface area contributed by atoms with Crippen LogP contribution in [0.5, 0.6) is 0 Å². The Bertz CT molecular complexity index is 574. The molecule has 0 saturated heterocycles. The monoisotopic (exact) mass is 213 g/mol. The van der Waals surface area contributed by atoms with Gasteiger partial charge in [0.15, 0.2) is 0 Å². The Morgan fingerprint density at radius 3 is 3.25 bits per heavy atom. The van der Waals surface area contributed by atoms with Crippen LogP contribution >= 0.6 is 0 Å². The molecule has 0 saturated carbocycles. The maximum atomic E-state index is 10.6. The van der Waals surface area contributed by atoms with Gasteiger partial charge in [-0.15, -0.1) is 0 Å². The summed E-state index contributed by atoms with van der Waals surface area (Å²) in [4.78, 5) is 10.6. The van der Waals surface area contributed by atoms with Gasteiger partial charge in [-0.25, -0.2) is 0 Å². The maximum absolute atomic E-state index is 10.6. The number of H-pyrrole nitrogens is 1. The zero-order valence-corrected chi connectivity index (χ0v) is 8.87. The van der Waals surface area contributed by atoms with E-state index in [0.29, 0.717) is 6.54 Å². The largest absolute Gasteiger partial charge is 0.345 e. The summed E-state index contributed by atoms with van der Waals surface area (Å²) in [6.07, 6.45) is 1.77. The van der Waals surface area contributed by atoms with Crippen molar-refractivity contribution >= 4 is 16.8 Å². The molecule has 0 radical (unpaired) electrons. The smallest absolute Gasteiger partial charge is 0.217 e. The van der Waals surface area contributed by atoms with Crippen LogP contribution in [0.3, 0.4) is 0 Å². The first kappa shape index (κ1) is 10.2. The van der Waals surface area contributed by atoms with Crippen molar-refractivity contribution < 1.29 is 4.79 Å². The van der Waals surface area contributed by atoms with E-state index in [4.69, 9.17) is 0 Å². The Hall–Kier alpha value is -2.28. The highest BCUT2D eigenvalue weighted by Crippen LogP contribution is 2.11. The van der Waals surface area contributed by atoms with Gasteiger partial charge in [0.05, 0.1) is 18.3 Å². The number of carbonyl (C=O) groups excluding carboxylic acids is 1. The minimum Gasteiger partial charge on any atom is -0.345 e. The van der Waals surface area contributed by atoms with Crippen molar-refractivity contribution in [1.82, 2.24) is 15.5 Å². The van der Waals surface area contributed by atoms with Gasteiger partial charge < -0.3 is 5.32 Å². The molecule has 0 aliphatic heterocycles. The summed E-state index contributed by atoms with van der Waals surface area (Å²) in [6.45, 7) is 1.84. The number of nitrogens with zero attached hydrogens (tertiary/aromatic N) is 1. The Balaban J connectivity index is 2.11. The quantitative estimate of drug-likeness (QED) is 0.696. The summed E-state index contributed by atoms with van der Waals surface area (Å²) < 4.78 is 0. The fourth-order valence-electron chi connectivity index (χ4n) is 1.33. The van der Waals surface area contributed by atoms with Crippen molar-refractivity contribution in [2.75, 3.05) is 6.54 Å². The summed E-state index contributed by atoms with van der Waals surface area (Å²) in [7, 11) is 0. The molecule has 0 fully saturated rings. The lowest BCUT2D eigenvalue weighted by Gasteiger charge is -1.92. The van der Waals surface area contributed by atoms with E-state index in [1.54, 1.807) is 6.20 Å². The van der Waals surface area contributed by atoms with Crippen LogP contribution in [0.1, 0.15) is 12.5 Å². The van der Waals surface area contributed by atoms with Crippen LogP contribution in [0.2, 0.25) is 0 Å². The molecule has 1 amide bonds. The van der Waals surface area contributed by atoms with E-state index in [2.05, 4.69) is 27.4 Å². The standard InChI is InChI=1S/C12H11N3O/c1-9(16)13-6-2-3-10-4-5-11-8-14-15-12(11)7-10/h4-5,7-8H,6H2,1H3,(H,13,16)(H,14,15). The molecule has 1 aromatic heterocycles. The van der Waals surface area contributed by atoms with Gasteiger partial charge in [0.1, 0.15) is 0 Å². The van der Waals surface area contributed by atoms with Crippen molar-refractivity contribution in [1.29, 1.82) is 0 Å². The number of hydrogen-bond acceptors (Lipinski definition) is 2. The van der Waals surface area contributed by atoms with E-state index < -0.39 is 0 Å². The number of rotatable bonds is 1. The number of amides is 1. The number of nitrogens with one attached hydrogen (secondary N) is 2. The minimum atomic E-state index is -0.0710. The molecule has 0 atom stereocenters. The van der Waals surface area contributed by atoms with Crippen molar-refractivity contribution in [2.24, 2.45) is 0 Å². The summed E-state index contributed by atoms with van der Waals surface area (Å²) >= 11 is 0. The van der Waals surface area contributed by atoms with Crippen LogP contribution < -0.4 is 5.32 Å². The first-order valence-corrected chi connectivity index (χ1v) is 4.92. The molecule has 80 valence electrons. The molecule has 4 nitrogen and oxygen atoms in total. The molecule has 4 heteroatoms. The van der Waals surface area contributed by atoms with Crippen LogP contribution in [0.4, 0.5) is 0 Å². The molecule has 0 bridgehead atoms. The summed E-state index contributed by atoms with van der Waals surface area (Å²) in [6, 6.07) is 5.82. The highest BCUT2D eigenvalue weighted by atomic mass is 16.1. The zero-order valence-electron chi connectivity index (χ0n) is 8.87. The highest BCUT2D eigenvalue weighted by molar-refractivity contribution is 5.79. The van der Waals surface area contributed by atoms with Crippen LogP contribution in [0, 0.1) is 11.8 Å². The van der Waals surface area contributed by atoms with Crippen molar-refractivity contribution in [3.8, 4) is 11.8 Å². The van der Waals surface area contributed by atoms with Gasteiger partial charge in [-0.3, -0.25) is 9.89 Å². The molecule has 0 aliphatic carbocycles. The van der Waals surface area contributed by atoms with Gasteiger partial charge in [0, 0.05) is 17.9 Å². The molecule has 2 rings (SSSR count). The van der Waals surface area contributed by atoms with Crippen LogP contribution in [-0.4, -0.2) is 22.6 Å². The van der Waals surface area contributed by atoms with Crippen LogP contribution in [-0.2, 0) is 4.79 Å². The van der Waals surface area contributed by atoms with Crippen molar-refractivity contribution in [2.45, 2.75) is 6.92 Å². The van der Waals surface area contributed by atoms with Gasteiger partial charge >= 0.3 is 0 Å². The third-order valence-corrected chi connectivity index (χ3v) is 2.10. The SMILES string of the molecule is CC(=O)NCC#Cc1ccc2cn[nH]c2c1. The second-order valence-corrected chi connectivity index (χ2v) is 3.38. The van der Waals surface area contributed by atoms with E-state index >= 15 is 0 Å². The number of hydrogen-bond donors (Lipinski definition) is 2. The molecule has 1 aromatic carbocycles. The minimum absolute atomic E-state index is 0.0710. The predicted molar refractivity (Wildman–Crippen MR) is 61.7 cm³/mol. The maximum Gasteiger partial charge on any atom is 0.217 e. The van der Waals surface area contributed by atoms with Crippen molar-refractivity contribution in [3.63, 3.8) is 0 Å². The summed E-state index contributed by atoms with van der Waals surface area (Å²) in [5.41, 5.74) is 1.87. The number of aromatic nitrogens is 2. The molecule has 16 heavy (non-hydrogen) atoms.